The predicted octanol–water partition coefficient (Wildman–Crippen LogP) is 7.34. The van der Waals surface area contributed by atoms with E-state index in [9.17, 15) is 9.00 Å². The lowest BCUT2D eigenvalue weighted by atomic mass is 10.1. The van der Waals surface area contributed by atoms with Crippen molar-refractivity contribution in [3.8, 4) is 0 Å². The van der Waals surface area contributed by atoms with Gasteiger partial charge in [0.1, 0.15) is 16.6 Å². The van der Waals surface area contributed by atoms with Crippen LogP contribution in [0.2, 0.25) is 10.0 Å². The van der Waals surface area contributed by atoms with Crippen molar-refractivity contribution in [2.75, 3.05) is 6.26 Å². The van der Waals surface area contributed by atoms with E-state index >= 15 is 8.78 Å². The topological polar surface area (TPSA) is 88.2 Å². The summed E-state index contributed by atoms with van der Waals surface area (Å²) in [7, 11) is -3.43. The summed E-state index contributed by atoms with van der Waals surface area (Å²) < 4.78 is 52.0. The van der Waals surface area contributed by atoms with Crippen LogP contribution < -0.4 is 5.56 Å². The maximum absolute atomic E-state index is 15.7. The van der Waals surface area contributed by atoms with Crippen molar-refractivity contribution < 1.29 is 13.0 Å². The van der Waals surface area contributed by atoms with E-state index in [1.807, 2.05) is 13.0 Å². The first-order valence-corrected chi connectivity index (χ1v) is 14.7. The molecule has 1 saturated carbocycles. The molecule has 4 atom stereocenters. The molecule has 11 heteroatoms. The van der Waals surface area contributed by atoms with Crippen molar-refractivity contribution in [2.45, 2.75) is 37.5 Å². The van der Waals surface area contributed by atoms with Gasteiger partial charge in [-0.25, -0.2) is 17.8 Å². The van der Waals surface area contributed by atoms with Gasteiger partial charge in [-0.2, -0.15) is 0 Å². The van der Waals surface area contributed by atoms with Gasteiger partial charge in [-0.15, -0.1) is 0 Å². The molecule has 4 rings (SSSR count). The summed E-state index contributed by atoms with van der Waals surface area (Å²) >= 11 is 12.6. The number of benzene rings is 1. The van der Waals surface area contributed by atoms with E-state index in [-0.39, 0.29) is 33.2 Å². The zero-order chi connectivity index (χ0) is 28.6. The van der Waals surface area contributed by atoms with E-state index in [1.165, 1.54) is 30.5 Å². The normalized spacial score (nSPS) is 21.3. The Morgan fingerprint density at radius 2 is 1.95 bits per heavy atom. The third kappa shape index (κ3) is 5.76. The maximum Gasteiger partial charge on any atom is 0.273 e. The first-order valence-electron chi connectivity index (χ1n) is 12.0. The van der Waals surface area contributed by atoms with Gasteiger partial charge in [0.05, 0.1) is 25.8 Å². The first kappa shape index (κ1) is 28.9. The summed E-state index contributed by atoms with van der Waals surface area (Å²) in [4.78, 5) is 21.1. The number of pyridine rings is 2. The van der Waals surface area contributed by atoms with Gasteiger partial charge in [0, 0.05) is 36.1 Å². The summed E-state index contributed by atoms with van der Waals surface area (Å²) in [5, 5.41) is 0.476. The fourth-order valence-corrected chi connectivity index (χ4v) is 6.03. The molecule has 1 fully saturated rings. The summed E-state index contributed by atoms with van der Waals surface area (Å²) in [6.45, 7) is 5.34. The summed E-state index contributed by atoms with van der Waals surface area (Å²) in [6.07, 6.45) is 8.06. The van der Waals surface area contributed by atoms with Crippen molar-refractivity contribution in [1.29, 1.82) is 4.78 Å². The van der Waals surface area contributed by atoms with Gasteiger partial charge in [0.25, 0.3) is 5.56 Å². The van der Waals surface area contributed by atoms with Crippen molar-refractivity contribution >= 4 is 44.8 Å². The van der Waals surface area contributed by atoms with Crippen LogP contribution in [-0.4, -0.2) is 25.7 Å². The Balaban J connectivity index is 1.77. The molecular formula is C28H26Cl2F2N4O2S. The molecule has 0 radical (unpaired) electrons. The van der Waals surface area contributed by atoms with Crippen molar-refractivity contribution in [3.63, 3.8) is 0 Å². The van der Waals surface area contributed by atoms with Crippen LogP contribution in [0, 0.1) is 23.4 Å². The number of hydrogen-bond acceptors (Lipinski definition) is 5. The molecule has 6 nitrogen and oxygen atoms in total. The third-order valence-corrected chi connectivity index (χ3v) is 8.45. The largest absolute Gasteiger partial charge is 0.284 e. The Kier molecular flexibility index (Phi) is 8.25. The molecule has 2 aromatic heterocycles. The molecule has 3 unspecified atom stereocenters. The van der Waals surface area contributed by atoms with Crippen molar-refractivity contribution in [2.24, 2.45) is 10.9 Å². The lowest BCUT2D eigenvalue weighted by molar-refractivity contribution is 0.590. The highest BCUT2D eigenvalue weighted by atomic mass is 35.5. The highest BCUT2D eigenvalue weighted by Gasteiger charge is 2.50. The average molecular weight is 592 g/mol. The number of allylic oxidation sites excluding steroid dienone is 2. The third-order valence-electron chi connectivity index (χ3n) is 6.71. The first-order chi connectivity index (χ1) is 18.4. The molecule has 0 amide bonds. The van der Waals surface area contributed by atoms with Crippen LogP contribution >= 0.6 is 23.2 Å². The summed E-state index contributed by atoms with van der Waals surface area (Å²) in [5.74, 6) is -1.81. The molecule has 204 valence electrons. The number of rotatable bonds is 7. The molecule has 0 spiro atoms. The Hall–Kier alpha value is -3.14. The Morgan fingerprint density at radius 1 is 1.23 bits per heavy atom. The number of halogens is 4. The van der Waals surface area contributed by atoms with Gasteiger partial charge in [0.2, 0.25) is 0 Å². The van der Waals surface area contributed by atoms with E-state index in [4.69, 9.17) is 28.0 Å². The minimum absolute atomic E-state index is 0.0370. The molecule has 1 aliphatic rings. The van der Waals surface area contributed by atoms with E-state index in [1.54, 1.807) is 32.3 Å². The summed E-state index contributed by atoms with van der Waals surface area (Å²) in [5.41, 5.74) is 0.662. The lowest BCUT2D eigenvalue weighted by Gasteiger charge is -2.13. The molecule has 2 heterocycles. The molecule has 1 aliphatic carbocycles. The highest BCUT2D eigenvalue weighted by molar-refractivity contribution is 7.91. The SMILES string of the molecule is C/C=C/N=C(/C(F)=C/n1c(C)cc(C2C(c3cncc(Cl)c3)[C@H]2C)c(Cl)c1=O)c1cccc(S(C)(=N)=O)c1F. The fourth-order valence-electron chi connectivity index (χ4n) is 4.79. The highest BCUT2D eigenvalue weighted by Crippen LogP contribution is 2.61. The Bertz CT molecular complexity index is 1710. The second-order valence-electron chi connectivity index (χ2n) is 9.48. The number of nitrogens with zero attached hydrogens (tertiary/aromatic N) is 3. The zero-order valence-electron chi connectivity index (χ0n) is 21.6. The maximum atomic E-state index is 15.7. The van der Waals surface area contributed by atoms with Gasteiger partial charge in [-0.1, -0.05) is 42.3 Å². The molecular weight excluding hydrogens is 565 g/mol. The van der Waals surface area contributed by atoms with E-state index < -0.39 is 32.6 Å². The molecule has 39 heavy (non-hydrogen) atoms. The predicted molar refractivity (Wildman–Crippen MR) is 153 cm³/mol. The minimum Gasteiger partial charge on any atom is -0.284 e. The van der Waals surface area contributed by atoms with Gasteiger partial charge in [-0.3, -0.25) is 19.3 Å². The van der Waals surface area contributed by atoms with Crippen LogP contribution in [0.4, 0.5) is 8.78 Å². The Morgan fingerprint density at radius 3 is 2.59 bits per heavy atom. The average Bonchev–Trinajstić information content (AvgIpc) is 3.54. The number of aromatic nitrogens is 2. The molecule has 1 aromatic carbocycles. The number of aliphatic imine (C=N–C) groups is 1. The zero-order valence-corrected chi connectivity index (χ0v) is 23.9. The molecule has 0 saturated heterocycles. The Labute approximate surface area is 235 Å². The van der Waals surface area contributed by atoms with Crippen LogP contribution in [0.5, 0.6) is 0 Å². The minimum atomic E-state index is -3.43. The van der Waals surface area contributed by atoms with Crippen LogP contribution in [0.3, 0.4) is 0 Å². The van der Waals surface area contributed by atoms with Gasteiger partial charge in [0.15, 0.2) is 5.83 Å². The van der Waals surface area contributed by atoms with E-state index in [2.05, 4.69) is 9.98 Å². The van der Waals surface area contributed by atoms with Crippen LogP contribution in [0.15, 0.2) is 75.5 Å². The number of nitrogens with one attached hydrogen (secondary N) is 1. The smallest absolute Gasteiger partial charge is 0.273 e. The number of aryl methyl sites for hydroxylation is 1. The second kappa shape index (κ2) is 11.2. The van der Waals surface area contributed by atoms with Crippen molar-refractivity contribution in [1.82, 2.24) is 9.55 Å². The quantitative estimate of drug-likeness (QED) is 0.292. The molecule has 3 aromatic rings. The van der Waals surface area contributed by atoms with Crippen molar-refractivity contribution in [3.05, 3.63) is 109 Å². The van der Waals surface area contributed by atoms with Crippen LogP contribution in [0.25, 0.3) is 6.20 Å². The standard InChI is InChI=1S/C28H26Cl2F2N4O2S/c1-5-9-35-27(19-7-6-8-22(26(19)32)39(4,33)38)21(31)14-36-15(2)10-20(25(30)28(36)37)24-16(3)23(24)17-11-18(29)13-34-12-17/h5-14,16,23-24,33H,1-4H3/b9-5+,21-14-,35-27+/t16-,23?,24?,39?/m1/s1. The summed E-state index contributed by atoms with van der Waals surface area (Å²) in [6, 6.07) is 7.43. The lowest BCUT2D eigenvalue weighted by Crippen LogP contribution is -2.21. The molecule has 1 N–H and O–H groups in total. The fraction of sp³-hybridized carbons (Fsp3) is 0.250. The van der Waals surface area contributed by atoms with Gasteiger partial charge >= 0.3 is 0 Å². The molecule has 0 bridgehead atoms. The monoisotopic (exact) mass is 590 g/mol. The van der Waals surface area contributed by atoms with Gasteiger partial charge < -0.3 is 0 Å². The van der Waals surface area contributed by atoms with E-state index in [0.29, 0.717) is 16.3 Å². The van der Waals surface area contributed by atoms with E-state index in [0.717, 1.165) is 22.6 Å². The number of hydrogen-bond donors (Lipinski definition) is 1. The van der Waals surface area contributed by atoms with Crippen LogP contribution in [0.1, 0.15) is 48.1 Å². The second-order valence-corrected chi connectivity index (χ2v) is 12.4. The van der Waals surface area contributed by atoms with Gasteiger partial charge in [-0.05, 0) is 67.0 Å². The molecule has 0 aliphatic heterocycles. The van der Waals surface area contributed by atoms with Crippen LogP contribution in [-0.2, 0) is 9.73 Å².